The number of fused-ring (bicyclic) bond motifs is 2. The summed E-state index contributed by atoms with van der Waals surface area (Å²) in [7, 11) is 0. The van der Waals surface area contributed by atoms with Gasteiger partial charge in [0.25, 0.3) is 0 Å². The number of hydrogen-bond donors (Lipinski definition) is 1. The number of ether oxygens (including phenoxy) is 1. The molecular weight excluding hydrogens is 563 g/mol. The molecule has 4 aromatic rings. The van der Waals surface area contributed by atoms with E-state index >= 15 is 8.78 Å². The number of aryl methyl sites for hydroxylation is 1. The summed E-state index contributed by atoms with van der Waals surface area (Å²) in [5.41, 5.74) is -0.168. The van der Waals surface area contributed by atoms with Crippen LogP contribution in [0.5, 0.6) is 11.5 Å². The third kappa shape index (κ3) is 4.39. The molecule has 43 heavy (non-hydrogen) atoms. The van der Waals surface area contributed by atoms with Gasteiger partial charge in [-0.15, -0.1) is 0 Å². The molecule has 0 bridgehead atoms. The van der Waals surface area contributed by atoms with Crippen LogP contribution in [-0.4, -0.2) is 62.7 Å². The number of halogens is 3. The highest BCUT2D eigenvalue weighted by atomic mass is 19.2. The van der Waals surface area contributed by atoms with Crippen LogP contribution in [0.4, 0.5) is 19.0 Å². The highest BCUT2D eigenvalue weighted by Crippen LogP contribution is 2.46. The van der Waals surface area contributed by atoms with Gasteiger partial charge in [0.1, 0.15) is 18.2 Å². The van der Waals surface area contributed by atoms with Crippen molar-refractivity contribution in [2.45, 2.75) is 32.7 Å². The maximum atomic E-state index is 16.5. The van der Waals surface area contributed by atoms with Crippen LogP contribution in [0.3, 0.4) is 0 Å². The van der Waals surface area contributed by atoms with E-state index in [0.29, 0.717) is 23.5 Å². The minimum absolute atomic E-state index is 0.104. The van der Waals surface area contributed by atoms with Crippen LogP contribution in [0.25, 0.3) is 27.7 Å². The van der Waals surface area contributed by atoms with E-state index in [-0.39, 0.29) is 54.0 Å². The van der Waals surface area contributed by atoms with Crippen molar-refractivity contribution in [3.05, 3.63) is 82.3 Å². The molecule has 2 aliphatic heterocycles. The number of carbonyl (C=O) groups excluding carboxylic acids is 1. The molecule has 222 valence electrons. The molecule has 9 nitrogen and oxygen atoms in total. The largest absolute Gasteiger partial charge is 0.507 e. The van der Waals surface area contributed by atoms with Gasteiger partial charge in [0, 0.05) is 31.4 Å². The Morgan fingerprint density at radius 3 is 2.67 bits per heavy atom. The summed E-state index contributed by atoms with van der Waals surface area (Å²) in [6, 6.07) is 4.07. The SMILES string of the molecule is C=CC(=O)N1CCN2c3nc(=O)n(-c4c(C)ccnc4C(C)C)c4cc(-c5c(O)ccc(F)c5F)c(F)c(c34)OC[C@H]2C1. The molecule has 1 N–H and O–H groups in total. The molecule has 12 heteroatoms. The predicted octanol–water partition coefficient (Wildman–Crippen LogP) is 4.60. The number of nitrogens with zero attached hydrogens (tertiary/aromatic N) is 5. The monoisotopic (exact) mass is 591 g/mol. The van der Waals surface area contributed by atoms with Crippen molar-refractivity contribution >= 4 is 22.6 Å². The molecule has 2 aromatic carbocycles. The van der Waals surface area contributed by atoms with Gasteiger partial charge in [-0.2, -0.15) is 4.98 Å². The van der Waals surface area contributed by atoms with Crippen molar-refractivity contribution in [2.24, 2.45) is 0 Å². The molecular formula is C31H28F3N5O4. The molecule has 0 aliphatic carbocycles. The summed E-state index contributed by atoms with van der Waals surface area (Å²) >= 11 is 0. The molecule has 2 aliphatic rings. The number of aromatic nitrogens is 3. The first-order valence-electron chi connectivity index (χ1n) is 13.8. The smallest absolute Gasteiger partial charge is 0.354 e. The van der Waals surface area contributed by atoms with E-state index < -0.39 is 46.1 Å². The van der Waals surface area contributed by atoms with Gasteiger partial charge in [0.2, 0.25) is 5.91 Å². The lowest BCUT2D eigenvalue weighted by atomic mass is 9.99. The number of benzene rings is 2. The van der Waals surface area contributed by atoms with Crippen molar-refractivity contribution in [1.82, 2.24) is 19.4 Å². The zero-order valence-electron chi connectivity index (χ0n) is 23.7. The van der Waals surface area contributed by atoms with Crippen LogP contribution >= 0.6 is 0 Å². The van der Waals surface area contributed by atoms with Crippen molar-refractivity contribution in [3.63, 3.8) is 0 Å². The number of rotatable bonds is 4. The van der Waals surface area contributed by atoms with E-state index in [9.17, 15) is 19.1 Å². The Morgan fingerprint density at radius 1 is 1.19 bits per heavy atom. The highest BCUT2D eigenvalue weighted by Gasteiger charge is 2.37. The number of carbonyl (C=O) groups is 1. The van der Waals surface area contributed by atoms with E-state index in [1.807, 2.05) is 13.8 Å². The van der Waals surface area contributed by atoms with Gasteiger partial charge >= 0.3 is 5.69 Å². The number of phenolic OH excluding ortho intramolecular Hbond substituents is 1. The van der Waals surface area contributed by atoms with Gasteiger partial charge in [-0.3, -0.25) is 14.3 Å². The summed E-state index contributed by atoms with van der Waals surface area (Å²) in [4.78, 5) is 38.7. The van der Waals surface area contributed by atoms with E-state index in [1.54, 1.807) is 29.0 Å². The summed E-state index contributed by atoms with van der Waals surface area (Å²) in [6.45, 7) is 9.79. The number of hydrogen-bond acceptors (Lipinski definition) is 7. The van der Waals surface area contributed by atoms with Gasteiger partial charge in [-0.05, 0) is 48.7 Å². The lowest BCUT2D eigenvalue weighted by Crippen LogP contribution is -2.56. The Hall–Kier alpha value is -4.87. The van der Waals surface area contributed by atoms with Gasteiger partial charge in [0.05, 0.1) is 33.9 Å². The quantitative estimate of drug-likeness (QED) is 0.347. The molecule has 0 radical (unpaired) electrons. The molecule has 1 amide bonds. The minimum Gasteiger partial charge on any atom is -0.507 e. The van der Waals surface area contributed by atoms with Crippen LogP contribution in [0.2, 0.25) is 0 Å². The number of anilines is 1. The van der Waals surface area contributed by atoms with Gasteiger partial charge < -0.3 is 19.6 Å². The third-order valence-corrected chi connectivity index (χ3v) is 7.99. The Balaban J connectivity index is 1.72. The van der Waals surface area contributed by atoms with Crippen molar-refractivity contribution in [3.8, 4) is 28.3 Å². The van der Waals surface area contributed by atoms with E-state index in [1.165, 1.54) is 16.7 Å². The number of pyridine rings is 1. The van der Waals surface area contributed by atoms with Crippen LogP contribution in [0, 0.1) is 24.4 Å². The van der Waals surface area contributed by atoms with E-state index in [0.717, 1.165) is 12.1 Å². The highest BCUT2D eigenvalue weighted by molar-refractivity contribution is 6.00. The van der Waals surface area contributed by atoms with Crippen molar-refractivity contribution in [1.29, 1.82) is 0 Å². The molecule has 6 rings (SSSR count). The Labute approximate surface area is 244 Å². The molecule has 1 saturated heterocycles. The predicted molar refractivity (Wildman–Crippen MR) is 154 cm³/mol. The summed E-state index contributed by atoms with van der Waals surface area (Å²) in [5.74, 6) is -5.12. The Kier molecular flexibility index (Phi) is 6.86. The lowest BCUT2D eigenvalue weighted by molar-refractivity contribution is -0.126. The number of phenols is 1. The maximum absolute atomic E-state index is 16.5. The van der Waals surface area contributed by atoms with Gasteiger partial charge in [-0.1, -0.05) is 20.4 Å². The zero-order valence-corrected chi connectivity index (χ0v) is 23.7. The van der Waals surface area contributed by atoms with Crippen molar-refractivity contribution < 1.29 is 27.8 Å². The van der Waals surface area contributed by atoms with Crippen LogP contribution in [0.15, 0.2) is 47.9 Å². The van der Waals surface area contributed by atoms with Gasteiger partial charge in [-0.25, -0.2) is 18.0 Å². The fourth-order valence-corrected chi connectivity index (χ4v) is 5.92. The topological polar surface area (TPSA) is 101 Å². The van der Waals surface area contributed by atoms with Crippen LogP contribution in [-0.2, 0) is 4.79 Å². The second-order valence-electron chi connectivity index (χ2n) is 10.9. The Bertz CT molecular complexity index is 1890. The minimum atomic E-state index is -1.46. The maximum Gasteiger partial charge on any atom is 0.354 e. The number of aromatic hydroxyl groups is 1. The summed E-state index contributed by atoms with van der Waals surface area (Å²) in [5, 5.41) is 10.7. The van der Waals surface area contributed by atoms with Crippen LogP contribution < -0.4 is 15.3 Å². The first-order chi connectivity index (χ1) is 20.5. The molecule has 0 saturated carbocycles. The molecule has 4 heterocycles. The van der Waals surface area contributed by atoms with E-state index in [2.05, 4.69) is 16.5 Å². The van der Waals surface area contributed by atoms with E-state index in [4.69, 9.17) is 4.74 Å². The molecule has 1 atom stereocenters. The fourth-order valence-electron chi connectivity index (χ4n) is 5.92. The third-order valence-electron chi connectivity index (χ3n) is 7.99. The molecule has 1 fully saturated rings. The average Bonchev–Trinajstić information content (AvgIpc) is 3.14. The first kappa shape index (κ1) is 28.3. The van der Waals surface area contributed by atoms with Crippen LogP contribution in [0.1, 0.15) is 31.0 Å². The Morgan fingerprint density at radius 2 is 1.95 bits per heavy atom. The lowest BCUT2D eigenvalue weighted by Gasteiger charge is -2.40. The first-order valence-corrected chi connectivity index (χ1v) is 13.8. The molecule has 0 spiro atoms. The average molecular weight is 592 g/mol. The second kappa shape index (κ2) is 10.4. The second-order valence-corrected chi connectivity index (χ2v) is 10.9. The summed E-state index contributed by atoms with van der Waals surface area (Å²) in [6.07, 6.45) is 2.82. The van der Waals surface area contributed by atoms with Gasteiger partial charge in [0.15, 0.2) is 23.2 Å². The fraction of sp³-hybridized carbons (Fsp3) is 0.290. The number of amides is 1. The summed E-state index contributed by atoms with van der Waals surface area (Å²) < 4.78 is 53.4. The normalized spacial score (nSPS) is 16.2. The standard InChI is InChI=1S/C31H28F3N5O4/c1-5-22(41)37-10-11-38-17(13-37)14-43-29-24-20(12-18(25(29)33)23-21(40)7-6-19(32)26(23)34)39(31(42)36-30(24)38)28-16(4)8-9-35-27(28)15(2)3/h5-9,12,15,17,40H,1,10-11,13-14H2,2-4H3/t17-/m1/s1. The zero-order chi connectivity index (χ0) is 30.7. The molecule has 2 aromatic heterocycles. The van der Waals surface area contributed by atoms with Crippen molar-refractivity contribution in [2.75, 3.05) is 31.1 Å². The molecule has 0 unspecified atom stereocenters. The number of piperazine rings is 1.